The van der Waals surface area contributed by atoms with Gasteiger partial charge in [-0.2, -0.15) is 11.1 Å². The summed E-state index contributed by atoms with van der Waals surface area (Å²) in [6.45, 7) is 15.9. The van der Waals surface area contributed by atoms with Crippen molar-refractivity contribution in [3.63, 3.8) is 0 Å². The number of aryl methyl sites for hydroxylation is 4. The van der Waals surface area contributed by atoms with Gasteiger partial charge in [-0.1, -0.05) is 132 Å². The van der Waals surface area contributed by atoms with Gasteiger partial charge in [-0.05, 0) is 27.7 Å². The van der Waals surface area contributed by atoms with Gasteiger partial charge in [0.25, 0.3) is 0 Å². The van der Waals surface area contributed by atoms with Crippen molar-refractivity contribution in [1.29, 1.82) is 0 Å². The van der Waals surface area contributed by atoms with Gasteiger partial charge in [-0.15, -0.1) is 16.7 Å². The van der Waals surface area contributed by atoms with Crippen LogP contribution in [0.5, 0.6) is 0 Å². The molecule has 0 radical (unpaired) electrons. The summed E-state index contributed by atoms with van der Waals surface area (Å²) < 4.78 is 0. The largest absolute Gasteiger partial charge is 4.00 e. The molecule has 5 heteroatoms. The molecule has 0 aliphatic rings. The Morgan fingerprint density at radius 1 is 0.611 bits per heavy atom. The smallest absolute Gasteiger partial charge is 1.00 e. The Balaban J connectivity index is 0.00000306. The van der Waals surface area contributed by atoms with E-state index in [0.29, 0.717) is 0 Å². The third kappa shape index (κ3) is 7.01. The first kappa shape index (κ1) is 34.8. The standard InChI is InChI=1S/C31H35Si.3ClH.Ti/c1-20-13-15-29(22(3)17-20)32(30-16-14-21(2)18-23(30)4)19-28-25(6)24(5)26(7)31(28)27-11-9-8-10-12-27;;;;/h8-18,32H,19H2,1-7H3;3*1H;/q-1;;;;+4/p-3. The molecule has 0 saturated carbocycles. The predicted octanol–water partition coefficient (Wildman–Crippen LogP) is -2.64. The average Bonchev–Trinajstić information content (AvgIpc) is 2.97. The minimum absolute atomic E-state index is 0. The van der Waals surface area contributed by atoms with Crippen LogP contribution >= 0.6 is 0 Å². The number of hydrogen-bond donors (Lipinski definition) is 0. The molecular weight excluding hydrogens is 555 g/mol. The van der Waals surface area contributed by atoms with E-state index in [1.165, 1.54) is 50.1 Å². The molecule has 0 aliphatic heterocycles. The van der Waals surface area contributed by atoms with E-state index in [1.54, 1.807) is 15.9 Å². The fraction of sp³-hybridized carbons (Fsp3) is 0.258. The average molecular weight is 590 g/mol. The molecule has 4 aromatic carbocycles. The molecule has 0 unspecified atom stereocenters. The topological polar surface area (TPSA) is 0 Å². The summed E-state index contributed by atoms with van der Waals surface area (Å²) in [5.74, 6) is 0. The SMILES string of the molecule is Cc1ccc([SiH](C[c-]2c(C)c(C)c(C)c2-c2ccccc2)c2ccc(C)cc2C)c(C)c1.[Cl-].[Cl-].[Cl-].[Ti+4]. The maximum atomic E-state index is 2.42. The first-order chi connectivity index (χ1) is 15.3. The van der Waals surface area contributed by atoms with Gasteiger partial charge in [0.05, 0.1) is 8.80 Å². The van der Waals surface area contributed by atoms with Crippen molar-refractivity contribution < 1.29 is 58.9 Å². The second kappa shape index (κ2) is 14.7. The van der Waals surface area contributed by atoms with Crippen LogP contribution in [0.15, 0.2) is 66.7 Å². The molecule has 0 fully saturated rings. The molecule has 36 heavy (non-hydrogen) atoms. The number of rotatable bonds is 5. The van der Waals surface area contributed by atoms with Crippen molar-refractivity contribution in [3.8, 4) is 11.1 Å². The summed E-state index contributed by atoms with van der Waals surface area (Å²) in [4.78, 5) is 0. The van der Waals surface area contributed by atoms with E-state index in [9.17, 15) is 0 Å². The summed E-state index contributed by atoms with van der Waals surface area (Å²) >= 11 is 0. The van der Waals surface area contributed by atoms with E-state index in [4.69, 9.17) is 0 Å². The molecule has 4 rings (SSSR count). The van der Waals surface area contributed by atoms with Crippen molar-refractivity contribution in [3.05, 3.63) is 111 Å². The molecule has 0 bridgehead atoms. The Hall–Kier alpha value is -1.19. The normalized spacial score (nSPS) is 10.1. The third-order valence-corrected chi connectivity index (χ3v) is 10.9. The quantitative estimate of drug-likeness (QED) is 0.177. The van der Waals surface area contributed by atoms with Crippen LogP contribution in [0.25, 0.3) is 11.1 Å². The first-order valence-electron chi connectivity index (χ1n) is 11.7. The van der Waals surface area contributed by atoms with Crippen molar-refractivity contribution in [1.82, 2.24) is 0 Å². The van der Waals surface area contributed by atoms with Gasteiger partial charge in [0, 0.05) is 0 Å². The number of benzene rings is 3. The zero-order chi connectivity index (χ0) is 23.0. The molecule has 0 amide bonds. The summed E-state index contributed by atoms with van der Waals surface area (Å²) in [6.07, 6.45) is 0. The molecule has 0 N–H and O–H groups in total. The van der Waals surface area contributed by atoms with Crippen LogP contribution in [0.1, 0.15) is 44.5 Å². The van der Waals surface area contributed by atoms with Crippen LogP contribution in [-0.2, 0) is 27.8 Å². The molecule has 4 aromatic rings. The van der Waals surface area contributed by atoms with Gasteiger partial charge in [0.2, 0.25) is 0 Å². The van der Waals surface area contributed by atoms with Crippen LogP contribution < -0.4 is 47.6 Å². The molecule has 0 heterocycles. The molecule has 0 aliphatic carbocycles. The maximum absolute atomic E-state index is 2.42. The summed E-state index contributed by atoms with van der Waals surface area (Å²) in [6, 6.07) is 26.3. The van der Waals surface area contributed by atoms with Gasteiger partial charge in [0.1, 0.15) is 0 Å². The Bertz CT molecular complexity index is 1230. The van der Waals surface area contributed by atoms with Crippen molar-refractivity contribution in [2.24, 2.45) is 0 Å². The van der Waals surface area contributed by atoms with E-state index < -0.39 is 8.80 Å². The summed E-state index contributed by atoms with van der Waals surface area (Å²) in [5, 5.41) is 3.16. The number of halogens is 3. The fourth-order valence-electron chi connectivity index (χ4n) is 5.38. The Kier molecular flexibility index (Phi) is 14.2. The predicted molar refractivity (Wildman–Crippen MR) is 144 cm³/mol. The van der Waals surface area contributed by atoms with E-state index in [0.717, 1.165) is 6.04 Å². The summed E-state index contributed by atoms with van der Waals surface area (Å²) in [7, 11) is -1.48. The monoisotopic (exact) mass is 588 g/mol. The minimum atomic E-state index is -1.48. The van der Waals surface area contributed by atoms with Gasteiger partial charge in [-0.25, -0.2) is 0 Å². The van der Waals surface area contributed by atoms with Gasteiger partial charge in [0.15, 0.2) is 0 Å². The van der Waals surface area contributed by atoms with Crippen LogP contribution in [-0.4, -0.2) is 8.80 Å². The van der Waals surface area contributed by atoms with Crippen molar-refractivity contribution in [2.45, 2.75) is 54.5 Å². The Morgan fingerprint density at radius 2 is 1.08 bits per heavy atom. The molecule has 0 spiro atoms. The molecule has 0 saturated heterocycles. The Labute approximate surface area is 253 Å². The third-order valence-electron chi connectivity index (χ3n) is 7.33. The van der Waals surface area contributed by atoms with E-state index in [2.05, 4.69) is 115 Å². The zero-order valence-corrected chi connectivity index (χ0v) is 27.3. The maximum Gasteiger partial charge on any atom is 4.00 e. The van der Waals surface area contributed by atoms with Crippen LogP contribution in [0, 0.1) is 48.5 Å². The minimum Gasteiger partial charge on any atom is -1.00 e. The van der Waals surface area contributed by atoms with E-state index >= 15 is 0 Å². The second-order valence-corrected chi connectivity index (χ2v) is 12.3. The van der Waals surface area contributed by atoms with Crippen LogP contribution in [0.3, 0.4) is 0 Å². The molecule has 0 nitrogen and oxygen atoms in total. The molecular formula is C31H35Cl3SiTi. The first-order valence-corrected chi connectivity index (χ1v) is 13.7. The van der Waals surface area contributed by atoms with Gasteiger partial charge >= 0.3 is 21.7 Å². The van der Waals surface area contributed by atoms with Crippen LogP contribution in [0.2, 0.25) is 0 Å². The summed E-state index contributed by atoms with van der Waals surface area (Å²) in [5.41, 5.74) is 14.3. The molecule has 0 atom stereocenters. The van der Waals surface area contributed by atoms with Crippen molar-refractivity contribution >= 4 is 19.2 Å². The van der Waals surface area contributed by atoms with E-state index in [-0.39, 0.29) is 58.9 Å². The van der Waals surface area contributed by atoms with Crippen molar-refractivity contribution in [2.75, 3.05) is 0 Å². The fourth-order valence-corrected chi connectivity index (χ4v) is 9.00. The second-order valence-electron chi connectivity index (χ2n) is 9.57. The molecule has 0 aromatic heterocycles. The number of hydrogen-bond acceptors (Lipinski definition) is 0. The van der Waals surface area contributed by atoms with Gasteiger partial charge < -0.3 is 37.2 Å². The van der Waals surface area contributed by atoms with E-state index in [1.807, 2.05) is 0 Å². The van der Waals surface area contributed by atoms with Gasteiger partial charge in [-0.3, -0.25) is 0 Å². The van der Waals surface area contributed by atoms with Crippen LogP contribution in [0.4, 0.5) is 0 Å². The Morgan fingerprint density at radius 3 is 1.53 bits per heavy atom. The zero-order valence-electron chi connectivity index (χ0n) is 22.3. The molecule has 188 valence electrons.